The maximum Gasteiger partial charge on any atom is 0.109 e. The third-order valence-electron chi connectivity index (χ3n) is 9.25. The Labute approximate surface area is 240 Å². The minimum Gasteiger partial charge on any atom is -0.364 e. The molecule has 2 nitrogen and oxygen atoms in total. The van der Waals surface area contributed by atoms with Crippen LogP contribution in [0.1, 0.15) is 69.3 Å². The molecule has 3 aromatic rings. The van der Waals surface area contributed by atoms with Crippen LogP contribution in [0.15, 0.2) is 114 Å². The van der Waals surface area contributed by atoms with Crippen LogP contribution in [0.5, 0.6) is 0 Å². The molecule has 2 heteroatoms. The lowest BCUT2D eigenvalue weighted by molar-refractivity contribution is 0.132. The largest absolute Gasteiger partial charge is 0.364 e. The normalized spacial score (nSPS) is 22.9. The molecule has 0 N–H and O–H groups in total. The van der Waals surface area contributed by atoms with E-state index in [-0.39, 0.29) is 17.0 Å². The highest BCUT2D eigenvalue weighted by Gasteiger charge is 2.54. The molecule has 0 saturated heterocycles. The average molecular weight is 525 g/mol. The van der Waals surface area contributed by atoms with Gasteiger partial charge in [0.05, 0.1) is 12.6 Å². The van der Waals surface area contributed by atoms with Crippen molar-refractivity contribution in [1.82, 2.24) is 9.80 Å². The van der Waals surface area contributed by atoms with Crippen molar-refractivity contribution in [3.8, 4) is 11.1 Å². The molecule has 1 unspecified atom stereocenters. The molecule has 4 heterocycles. The van der Waals surface area contributed by atoms with Crippen LogP contribution in [0.25, 0.3) is 16.8 Å². The van der Waals surface area contributed by atoms with Gasteiger partial charge in [-0.15, -0.1) is 0 Å². The van der Waals surface area contributed by atoms with E-state index in [9.17, 15) is 0 Å². The summed E-state index contributed by atoms with van der Waals surface area (Å²) in [5.41, 5.74) is 12.4. The Morgan fingerprint density at radius 2 is 1.65 bits per heavy atom. The molecule has 3 aromatic carbocycles. The summed E-state index contributed by atoms with van der Waals surface area (Å²) in [4.78, 5) is 5.34. The van der Waals surface area contributed by atoms with E-state index in [2.05, 4.69) is 148 Å². The first-order valence-electron chi connectivity index (χ1n) is 14.9. The molecule has 202 valence electrons. The van der Waals surface area contributed by atoms with Crippen LogP contribution in [0.2, 0.25) is 0 Å². The fourth-order valence-corrected chi connectivity index (χ4v) is 7.39. The number of fused-ring (bicyclic) bond motifs is 9. The van der Waals surface area contributed by atoms with E-state index in [1.165, 1.54) is 50.2 Å². The van der Waals surface area contributed by atoms with E-state index < -0.39 is 0 Å². The zero-order valence-corrected chi connectivity index (χ0v) is 24.5. The van der Waals surface area contributed by atoms with E-state index >= 15 is 0 Å². The number of rotatable bonds is 3. The summed E-state index contributed by atoms with van der Waals surface area (Å²) in [5.74, 6) is 0.643. The summed E-state index contributed by atoms with van der Waals surface area (Å²) in [6, 6.07) is 27.5. The van der Waals surface area contributed by atoms with Gasteiger partial charge in [-0.1, -0.05) is 119 Å². The second kappa shape index (κ2) is 9.13. The summed E-state index contributed by atoms with van der Waals surface area (Å²) in [5, 5.41) is 0. The second-order valence-electron chi connectivity index (χ2n) is 13.4. The van der Waals surface area contributed by atoms with Crippen LogP contribution < -0.4 is 0 Å². The Balaban J connectivity index is 1.46. The molecule has 0 fully saturated rings. The van der Waals surface area contributed by atoms with Crippen LogP contribution in [0.3, 0.4) is 0 Å². The third-order valence-corrected chi connectivity index (χ3v) is 9.25. The summed E-state index contributed by atoms with van der Waals surface area (Å²) < 4.78 is 0. The monoisotopic (exact) mass is 524 g/mol. The smallest absolute Gasteiger partial charge is 0.109 e. The maximum absolute atomic E-state index is 2.74. The number of nitrogens with zero attached hydrogens (tertiary/aromatic N) is 2. The molecular formula is C38H40N2. The van der Waals surface area contributed by atoms with Crippen LogP contribution in [0, 0.1) is 11.3 Å². The molecule has 4 aliphatic heterocycles. The lowest BCUT2D eigenvalue weighted by Crippen LogP contribution is -2.54. The predicted octanol–water partition coefficient (Wildman–Crippen LogP) is 9.10. The number of hydrogen-bond acceptors (Lipinski definition) is 2. The predicted molar refractivity (Wildman–Crippen MR) is 167 cm³/mol. The highest BCUT2D eigenvalue weighted by Crippen LogP contribution is 2.57. The number of allylic oxidation sites excluding steroid dienone is 4. The van der Waals surface area contributed by atoms with Gasteiger partial charge in [-0.25, -0.2) is 0 Å². The molecule has 0 aliphatic carbocycles. The molecule has 7 rings (SSSR count). The van der Waals surface area contributed by atoms with E-state index in [0.29, 0.717) is 5.92 Å². The molecule has 0 saturated carbocycles. The molecule has 1 spiro atoms. The standard InChI is InChI=1S/C38H40N2/c1-26(2)21-27-15-18-35-31-13-9-10-14-33(31)38(40(35)24-27)25-39-20-19-30(37(3,4)5)23-36(39)32-22-29(16-17-34(32)38)28-11-7-6-8-12-28/h6-20,22-23,26,36H,21,24-25H2,1-5H3/t36?,38-/m1/s1. The van der Waals surface area contributed by atoms with Crippen molar-refractivity contribution in [2.45, 2.75) is 52.6 Å². The van der Waals surface area contributed by atoms with Crippen LogP contribution >= 0.6 is 0 Å². The zero-order valence-electron chi connectivity index (χ0n) is 24.5. The van der Waals surface area contributed by atoms with Gasteiger partial charge in [0.1, 0.15) is 5.54 Å². The quantitative estimate of drug-likeness (QED) is 0.337. The van der Waals surface area contributed by atoms with Gasteiger partial charge in [0.25, 0.3) is 0 Å². The minimum absolute atomic E-state index is 0.105. The van der Waals surface area contributed by atoms with E-state index in [1.807, 2.05) is 0 Å². The lowest BCUT2D eigenvalue weighted by atomic mass is 9.72. The highest BCUT2D eigenvalue weighted by atomic mass is 15.3. The van der Waals surface area contributed by atoms with Crippen LogP contribution in [-0.2, 0) is 5.54 Å². The molecule has 0 aromatic heterocycles. The average Bonchev–Trinajstić information content (AvgIpc) is 3.22. The van der Waals surface area contributed by atoms with Crippen molar-refractivity contribution in [2.75, 3.05) is 13.1 Å². The summed E-state index contributed by atoms with van der Waals surface area (Å²) in [7, 11) is 0. The van der Waals surface area contributed by atoms with E-state index in [1.54, 1.807) is 0 Å². The van der Waals surface area contributed by atoms with Gasteiger partial charge in [0, 0.05) is 24.0 Å². The molecule has 0 amide bonds. The van der Waals surface area contributed by atoms with Crippen LogP contribution in [-0.4, -0.2) is 22.9 Å². The van der Waals surface area contributed by atoms with Gasteiger partial charge in [-0.05, 0) is 69.4 Å². The first kappa shape index (κ1) is 25.2. The molecular weight excluding hydrogens is 484 g/mol. The highest BCUT2D eigenvalue weighted by molar-refractivity contribution is 5.80. The van der Waals surface area contributed by atoms with Crippen molar-refractivity contribution >= 4 is 5.70 Å². The number of hydrogen-bond donors (Lipinski definition) is 0. The van der Waals surface area contributed by atoms with E-state index in [4.69, 9.17) is 0 Å². The third kappa shape index (κ3) is 3.84. The molecule has 0 bridgehead atoms. The summed E-state index contributed by atoms with van der Waals surface area (Å²) in [6.07, 6.45) is 13.2. The SMILES string of the molecule is CC(C)CC1=CC=C2c3ccccc3[C@@]3(CN4C=CC(C(C)(C)C)=CC4c4cc(-c5ccccc5)ccc43)N2C1. The Morgan fingerprint density at radius 1 is 0.875 bits per heavy atom. The molecule has 40 heavy (non-hydrogen) atoms. The van der Waals surface area contributed by atoms with Crippen molar-refractivity contribution in [2.24, 2.45) is 11.3 Å². The Hall–Kier alpha value is -3.78. The van der Waals surface area contributed by atoms with E-state index in [0.717, 1.165) is 19.5 Å². The minimum atomic E-state index is -0.239. The Kier molecular flexibility index (Phi) is 5.75. The summed E-state index contributed by atoms with van der Waals surface area (Å²) in [6.45, 7) is 13.5. The Bertz CT molecular complexity index is 1590. The van der Waals surface area contributed by atoms with Gasteiger partial charge in [0.15, 0.2) is 0 Å². The first-order chi connectivity index (χ1) is 19.3. The Morgan fingerprint density at radius 3 is 2.42 bits per heavy atom. The van der Waals surface area contributed by atoms with Gasteiger partial charge in [-0.3, -0.25) is 0 Å². The second-order valence-corrected chi connectivity index (χ2v) is 13.4. The fraction of sp³-hybridized carbons (Fsp3) is 0.316. The molecule has 4 aliphatic rings. The fourth-order valence-electron chi connectivity index (χ4n) is 7.39. The van der Waals surface area contributed by atoms with Crippen molar-refractivity contribution in [3.63, 3.8) is 0 Å². The van der Waals surface area contributed by atoms with Gasteiger partial charge in [0.2, 0.25) is 0 Å². The topological polar surface area (TPSA) is 6.48 Å². The zero-order chi connectivity index (χ0) is 27.6. The van der Waals surface area contributed by atoms with Gasteiger partial charge >= 0.3 is 0 Å². The van der Waals surface area contributed by atoms with Crippen molar-refractivity contribution in [3.05, 3.63) is 137 Å². The lowest BCUT2D eigenvalue weighted by Gasteiger charge is -2.52. The molecule has 0 radical (unpaired) electrons. The van der Waals surface area contributed by atoms with Crippen molar-refractivity contribution in [1.29, 1.82) is 0 Å². The van der Waals surface area contributed by atoms with Crippen LogP contribution in [0.4, 0.5) is 0 Å². The molecule has 2 atom stereocenters. The maximum atomic E-state index is 2.74. The van der Waals surface area contributed by atoms with Crippen molar-refractivity contribution < 1.29 is 0 Å². The number of benzene rings is 3. The summed E-state index contributed by atoms with van der Waals surface area (Å²) >= 11 is 0. The van der Waals surface area contributed by atoms with Gasteiger partial charge < -0.3 is 9.80 Å². The van der Waals surface area contributed by atoms with Gasteiger partial charge in [-0.2, -0.15) is 0 Å². The first-order valence-corrected chi connectivity index (χ1v) is 14.9.